The van der Waals surface area contributed by atoms with Crippen LogP contribution in [0.1, 0.15) is 12.5 Å². The molecule has 0 amide bonds. The van der Waals surface area contributed by atoms with E-state index >= 15 is 0 Å². The van der Waals surface area contributed by atoms with E-state index in [4.69, 9.17) is 0 Å². The van der Waals surface area contributed by atoms with E-state index in [2.05, 4.69) is 22.1 Å². The molecule has 0 bridgehead atoms. The molecule has 110 valence electrons. The van der Waals surface area contributed by atoms with Crippen molar-refractivity contribution in [2.75, 3.05) is 19.9 Å². The van der Waals surface area contributed by atoms with Gasteiger partial charge in [0.05, 0.1) is 18.3 Å². The van der Waals surface area contributed by atoms with Crippen molar-refractivity contribution in [1.82, 2.24) is 10.2 Å². The molecular weight excluding hydrogens is 344 g/mol. The monoisotopic (exact) mass is 360 g/mol. The molecule has 1 N–H and O–H groups in total. The Morgan fingerprint density at radius 1 is 1.45 bits per heavy atom. The fourth-order valence-electron chi connectivity index (χ4n) is 1.62. The van der Waals surface area contributed by atoms with Crippen molar-refractivity contribution in [1.29, 1.82) is 0 Å². The quantitative estimate of drug-likeness (QED) is 0.659. The van der Waals surface area contributed by atoms with Crippen LogP contribution < -0.4 is 5.32 Å². The Morgan fingerprint density at radius 3 is 2.65 bits per heavy atom. The number of benzene rings is 1. The van der Waals surface area contributed by atoms with Crippen LogP contribution in [0.3, 0.4) is 0 Å². The molecule has 1 aliphatic rings. The lowest BCUT2D eigenvalue weighted by Crippen LogP contribution is -2.41. The van der Waals surface area contributed by atoms with Crippen molar-refractivity contribution in [2.24, 2.45) is 4.99 Å². The number of nitro benzene ring substituents is 1. The molecule has 8 heteroatoms. The number of non-ortho nitro benzene ring substituents is 1. The first kappa shape index (κ1) is 16.9. The molecule has 0 saturated heterocycles. The van der Waals surface area contributed by atoms with Gasteiger partial charge in [-0.15, -0.1) is 17.0 Å². The van der Waals surface area contributed by atoms with E-state index in [0.29, 0.717) is 0 Å². The van der Waals surface area contributed by atoms with Gasteiger partial charge in [-0.2, -0.15) is 0 Å². The van der Waals surface area contributed by atoms with E-state index in [-0.39, 0.29) is 27.6 Å². The second kappa shape index (κ2) is 8.23. The summed E-state index contributed by atoms with van der Waals surface area (Å²) < 4.78 is 0. The number of rotatable bonds is 4. The Morgan fingerprint density at radius 2 is 2.15 bits per heavy atom. The number of thioether (sulfide) groups is 1. The third-order valence-corrected chi connectivity index (χ3v) is 3.86. The summed E-state index contributed by atoms with van der Waals surface area (Å²) in [6.45, 7) is 4.64. The van der Waals surface area contributed by atoms with Crippen LogP contribution in [0.15, 0.2) is 29.3 Å². The van der Waals surface area contributed by atoms with Gasteiger partial charge >= 0.3 is 0 Å². The molecule has 1 aromatic carbocycles. The normalized spacial score (nSPS) is 14.9. The summed E-state index contributed by atoms with van der Waals surface area (Å²) in [6.07, 6.45) is 0. The second-order valence-corrected chi connectivity index (χ2v) is 5.10. The Kier molecular flexibility index (Phi) is 6.97. The van der Waals surface area contributed by atoms with Crippen LogP contribution in [0, 0.1) is 10.1 Å². The summed E-state index contributed by atoms with van der Waals surface area (Å²) in [6, 6.07) is 6.63. The van der Waals surface area contributed by atoms with Crippen molar-refractivity contribution in [2.45, 2.75) is 12.7 Å². The number of nitrogens with zero attached hydrogens (tertiary/aromatic N) is 3. The molecule has 0 saturated carbocycles. The first-order chi connectivity index (χ1) is 9.19. The van der Waals surface area contributed by atoms with Crippen molar-refractivity contribution >= 4 is 39.6 Å². The standard InChI is InChI=1S/C12H16N4O2S.BrH/c1-2-15-8-13-12(14-9-15)19-7-10-3-5-11(6-4-10)16(17)18;/h3-6H,2,7-9H2,1H3,(H,13,14);1H. The van der Waals surface area contributed by atoms with E-state index < -0.39 is 0 Å². The summed E-state index contributed by atoms with van der Waals surface area (Å²) in [4.78, 5) is 16.8. The fraction of sp³-hybridized carbons (Fsp3) is 0.417. The van der Waals surface area contributed by atoms with Gasteiger partial charge in [0, 0.05) is 17.9 Å². The highest BCUT2D eigenvalue weighted by Crippen LogP contribution is 2.17. The lowest BCUT2D eigenvalue weighted by Gasteiger charge is -2.24. The van der Waals surface area contributed by atoms with Crippen molar-refractivity contribution in [3.05, 3.63) is 39.9 Å². The summed E-state index contributed by atoms with van der Waals surface area (Å²) in [7, 11) is 0. The molecule has 0 unspecified atom stereocenters. The molecular formula is C12H17BrN4O2S. The number of nitrogens with one attached hydrogen (secondary N) is 1. The maximum Gasteiger partial charge on any atom is 0.269 e. The molecule has 1 heterocycles. The molecule has 0 spiro atoms. The third-order valence-electron chi connectivity index (χ3n) is 2.84. The second-order valence-electron chi connectivity index (χ2n) is 4.14. The molecule has 0 aliphatic carbocycles. The van der Waals surface area contributed by atoms with E-state index in [1.54, 1.807) is 23.9 Å². The number of hydrogen-bond donors (Lipinski definition) is 1. The molecule has 1 aromatic rings. The van der Waals surface area contributed by atoms with Gasteiger partial charge in [-0.25, -0.2) is 4.99 Å². The first-order valence-electron chi connectivity index (χ1n) is 6.06. The van der Waals surface area contributed by atoms with Crippen LogP contribution in [0.4, 0.5) is 5.69 Å². The Labute approximate surface area is 132 Å². The Balaban J connectivity index is 0.00000200. The van der Waals surface area contributed by atoms with Crippen molar-refractivity contribution in [3.63, 3.8) is 0 Å². The minimum absolute atomic E-state index is 0. The van der Waals surface area contributed by atoms with E-state index in [0.717, 1.165) is 36.4 Å². The summed E-state index contributed by atoms with van der Waals surface area (Å²) >= 11 is 1.62. The van der Waals surface area contributed by atoms with Gasteiger partial charge in [-0.1, -0.05) is 30.8 Å². The average Bonchev–Trinajstić information content (AvgIpc) is 2.46. The number of halogens is 1. The molecule has 6 nitrogen and oxygen atoms in total. The number of amidine groups is 1. The van der Waals surface area contributed by atoms with Gasteiger partial charge < -0.3 is 5.32 Å². The van der Waals surface area contributed by atoms with Gasteiger partial charge in [0.15, 0.2) is 5.17 Å². The fourth-order valence-corrected chi connectivity index (χ4v) is 2.44. The highest BCUT2D eigenvalue weighted by molar-refractivity contribution is 8.93. The number of hydrogen-bond acceptors (Lipinski definition) is 6. The summed E-state index contributed by atoms with van der Waals surface area (Å²) in [5.74, 6) is 0.760. The third kappa shape index (κ3) is 4.77. The zero-order valence-electron chi connectivity index (χ0n) is 11.1. The predicted octanol–water partition coefficient (Wildman–Crippen LogP) is 2.60. The highest BCUT2D eigenvalue weighted by atomic mass is 79.9. The summed E-state index contributed by atoms with van der Waals surface area (Å²) in [5, 5.41) is 14.7. The number of aliphatic imine (C=N–C) groups is 1. The van der Waals surface area contributed by atoms with Crippen LogP contribution in [0.2, 0.25) is 0 Å². The predicted molar refractivity (Wildman–Crippen MR) is 87.4 cm³/mol. The largest absolute Gasteiger partial charge is 0.352 e. The lowest BCUT2D eigenvalue weighted by atomic mass is 10.2. The smallest absolute Gasteiger partial charge is 0.269 e. The molecule has 0 aromatic heterocycles. The molecule has 0 fully saturated rings. The zero-order chi connectivity index (χ0) is 13.7. The zero-order valence-corrected chi connectivity index (χ0v) is 13.6. The van der Waals surface area contributed by atoms with Gasteiger partial charge in [-0.05, 0) is 12.1 Å². The van der Waals surface area contributed by atoms with Gasteiger partial charge in [0.1, 0.15) is 0 Å². The van der Waals surface area contributed by atoms with Crippen molar-refractivity contribution in [3.8, 4) is 0 Å². The van der Waals surface area contributed by atoms with Crippen LogP contribution >= 0.6 is 28.7 Å². The van der Waals surface area contributed by atoms with Crippen LogP contribution in [0.25, 0.3) is 0 Å². The van der Waals surface area contributed by atoms with E-state index in [9.17, 15) is 10.1 Å². The molecule has 2 rings (SSSR count). The SMILES string of the molecule is Br.CCN1CN=C(SCc2ccc([N+](=O)[O-])cc2)NC1. The van der Waals surface area contributed by atoms with Crippen LogP contribution in [-0.2, 0) is 5.75 Å². The van der Waals surface area contributed by atoms with E-state index in [1.807, 2.05) is 0 Å². The molecule has 0 atom stereocenters. The van der Waals surface area contributed by atoms with Gasteiger partial charge in [0.25, 0.3) is 5.69 Å². The summed E-state index contributed by atoms with van der Waals surface area (Å²) in [5.41, 5.74) is 1.18. The minimum Gasteiger partial charge on any atom is -0.352 e. The Bertz CT molecular complexity index is 481. The average molecular weight is 361 g/mol. The molecule has 1 aliphatic heterocycles. The minimum atomic E-state index is -0.386. The Hall–Kier alpha value is -1.12. The van der Waals surface area contributed by atoms with Crippen LogP contribution in [0.5, 0.6) is 0 Å². The highest BCUT2D eigenvalue weighted by Gasteiger charge is 2.10. The van der Waals surface area contributed by atoms with Gasteiger partial charge in [-0.3, -0.25) is 15.0 Å². The number of nitro groups is 1. The molecule has 20 heavy (non-hydrogen) atoms. The molecule has 0 radical (unpaired) electrons. The maximum atomic E-state index is 10.5. The lowest BCUT2D eigenvalue weighted by molar-refractivity contribution is -0.384. The first-order valence-corrected chi connectivity index (χ1v) is 7.04. The van der Waals surface area contributed by atoms with E-state index in [1.165, 1.54) is 12.1 Å². The van der Waals surface area contributed by atoms with Gasteiger partial charge in [0.2, 0.25) is 0 Å². The topological polar surface area (TPSA) is 70.8 Å². The van der Waals surface area contributed by atoms with Crippen molar-refractivity contribution < 1.29 is 4.92 Å². The van der Waals surface area contributed by atoms with Crippen LogP contribution in [-0.4, -0.2) is 34.9 Å². The maximum absolute atomic E-state index is 10.5.